The van der Waals surface area contributed by atoms with E-state index in [0.29, 0.717) is 5.92 Å². The molecule has 18 heavy (non-hydrogen) atoms. The van der Waals surface area contributed by atoms with Gasteiger partial charge in [-0.3, -0.25) is 0 Å². The first-order valence-electron chi connectivity index (χ1n) is 6.75. The van der Waals surface area contributed by atoms with Crippen molar-refractivity contribution in [1.29, 1.82) is 0 Å². The molecule has 1 unspecified atom stereocenters. The SMILES string of the molecule is COc1ccc(Br)c(CC(C)CCNC2CC2)c1. The molecule has 0 spiro atoms. The Bertz CT molecular complexity index is 390. The summed E-state index contributed by atoms with van der Waals surface area (Å²) in [4.78, 5) is 0. The van der Waals surface area contributed by atoms with Gasteiger partial charge in [-0.25, -0.2) is 0 Å². The number of halogens is 1. The summed E-state index contributed by atoms with van der Waals surface area (Å²) in [6, 6.07) is 7.02. The normalized spacial score (nSPS) is 16.6. The summed E-state index contributed by atoms with van der Waals surface area (Å²) >= 11 is 3.62. The van der Waals surface area contributed by atoms with Gasteiger partial charge in [0.25, 0.3) is 0 Å². The van der Waals surface area contributed by atoms with Crippen molar-refractivity contribution >= 4 is 15.9 Å². The van der Waals surface area contributed by atoms with Crippen molar-refractivity contribution in [2.75, 3.05) is 13.7 Å². The average Bonchev–Trinajstić information content (AvgIpc) is 3.16. The van der Waals surface area contributed by atoms with E-state index in [2.05, 4.69) is 40.3 Å². The Morgan fingerprint density at radius 3 is 2.89 bits per heavy atom. The summed E-state index contributed by atoms with van der Waals surface area (Å²) in [5, 5.41) is 3.57. The first-order chi connectivity index (χ1) is 8.69. The van der Waals surface area contributed by atoms with Crippen LogP contribution in [0.25, 0.3) is 0 Å². The predicted octanol–water partition coefficient (Wildman–Crippen LogP) is 3.78. The van der Waals surface area contributed by atoms with Crippen LogP contribution in [0.3, 0.4) is 0 Å². The molecule has 100 valence electrons. The Morgan fingerprint density at radius 2 is 2.22 bits per heavy atom. The van der Waals surface area contributed by atoms with Crippen molar-refractivity contribution in [3.05, 3.63) is 28.2 Å². The summed E-state index contributed by atoms with van der Waals surface area (Å²) in [5.74, 6) is 1.64. The molecule has 0 radical (unpaired) electrons. The summed E-state index contributed by atoms with van der Waals surface area (Å²) in [6.07, 6.45) is 5.08. The molecular formula is C15H22BrNO. The summed E-state index contributed by atoms with van der Waals surface area (Å²) in [7, 11) is 1.72. The number of benzene rings is 1. The van der Waals surface area contributed by atoms with Crippen LogP contribution in [0.5, 0.6) is 5.75 Å². The minimum atomic E-state index is 0.694. The van der Waals surface area contributed by atoms with E-state index < -0.39 is 0 Å². The lowest BCUT2D eigenvalue weighted by molar-refractivity contribution is 0.413. The van der Waals surface area contributed by atoms with Crippen molar-refractivity contribution in [3.8, 4) is 5.75 Å². The topological polar surface area (TPSA) is 21.3 Å². The van der Waals surface area contributed by atoms with E-state index in [1.54, 1.807) is 7.11 Å². The fourth-order valence-electron chi connectivity index (χ4n) is 2.13. The Labute approximate surface area is 118 Å². The van der Waals surface area contributed by atoms with Gasteiger partial charge in [-0.05, 0) is 61.9 Å². The third-order valence-electron chi connectivity index (χ3n) is 3.47. The van der Waals surface area contributed by atoms with Crippen molar-refractivity contribution < 1.29 is 4.74 Å². The number of nitrogens with one attached hydrogen (secondary N) is 1. The van der Waals surface area contributed by atoms with Gasteiger partial charge in [-0.1, -0.05) is 22.9 Å². The maximum atomic E-state index is 5.28. The number of ether oxygens (including phenoxy) is 1. The Hall–Kier alpha value is -0.540. The molecule has 0 aliphatic heterocycles. The van der Waals surface area contributed by atoms with Crippen LogP contribution in [0.2, 0.25) is 0 Å². The third kappa shape index (κ3) is 4.29. The molecule has 1 N–H and O–H groups in total. The highest BCUT2D eigenvalue weighted by molar-refractivity contribution is 9.10. The van der Waals surface area contributed by atoms with Gasteiger partial charge in [-0.15, -0.1) is 0 Å². The molecule has 1 atom stereocenters. The maximum Gasteiger partial charge on any atom is 0.119 e. The molecule has 1 saturated carbocycles. The third-order valence-corrected chi connectivity index (χ3v) is 4.24. The van der Waals surface area contributed by atoms with Crippen LogP contribution in [0.1, 0.15) is 31.7 Å². The van der Waals surface area contributed by atoms with Crippen molar-refractivity contribution in [3.63, 3.8) is 0 Å². The number of hydrogen-bond acceptors (Lipinski definition) is 2. The fourth-order valence-corrected chi connectivity index (χ4v) is 2.54. The molecule has 3 heteroatoms. The molecule has 2 nitrogen and oxygen atoms in total. The highest BCUT2D eigenvalue weighted by Crippen LogP contribution is 2.26. The average molecular weight is 312 g/mol. The lowest BCUT2D eigenvalue weighted by Crippen LogP contribution is -2.20. The zero-order valence-corrected chi connectivity index (χ0v) is 12.8. The summed E-state index contributed by atoms with van der Waals surface area (Å²) in [5.41, 5.74) is 1.34. The van der Waals surface area contributed by atoms with Crippen LogP contribution in [0, 0.1) is 5.92 Å². The second kappa shape index (κ2) is 6.58. The van der Waals surface area contributed by atoms with Gasteiger partial charge in [0.05, 0.1) is 7.11 Å². The van der Waals surface area contributed by atoms with E-state index in [1.807, 2.05) is 6.07 Å². The van der Waals surface area contributed by atoms with Gasteiger partial charge < -0.3 is 10.1 Å². The Morgan fingerprint density at radius 1 is 1.44 bits per heavy atom. The summed E-state index contributed by atoms with van der Waals surface area (Å²) < 4.78 is 6.46. The molecule has 0 bridgehead atoms. The number of rotatable bonds is 7. The highest BCUT2D eigenvalue weighted by Gasteiger charge is 2.20. The second-order valence-electron chi connectivity index (χ2n) is 5.28. The van der Waals surface area contributed by atoms with Crippen molar-refractivity contribution in [2.45, 2.75) is 38.6 Å². The van der Waals surface area contributed by atoms with Gasteiger partial charge in [0.15, 0.2) is 0 Å². The fraction of sp³-hybridized carbons (Fsp3) is 0.600. The minimum absolute atomic E-state index is 0.694. The zero-order chi connectivity index (χ0) is 13.0. The molecule has 1 aliphatic carbocycles. The molecule has 1 fully saturated rings. The van der Waals surface area contributed by atoms with Gasteiger partial charge in [0.2, 0.25) is 0 Å². The first-order valence-corrected chi connectivity index (χ1v) is 7.54. The van der Waals surface area contributed by atoms with Gasteiger partial charge in [-0.2, -0.15) is 0 Å². The zero-order valence-electron chi connectivity index (χ0n) is 11.2. The summed E-state index contributed by atoms with van der Waals surface area (Å²) in [6.45, 7) is 3.47. The number of hydrogen-bond donors (Lipinski definition) is 1. The van der Waals surface area contributed by atoms with Gasteiger partial charge in [0, 0.05) is 10.5 Å². The van der Waals surface area contributed by atoms with Crippen LogP contribution >= 0.6 is 15.9 Å². The Balaban J connectivity index is 1.82. The molecule has 1 aromatic rings. The van der Waals surface area contributed by atoms with Gasteiger partial charge >= 0.3 is 0 Å². The minimum Gasteiger partial charge on any atom is -0.497 e. The monoisotopic (exact) mass is 311 g/mol. The molecule has 1 aromatic carbocycles. The number of methoxy groups -OCH3 is 1. The second-order valence-corrected chi connectivity index (χ2v) is 6.14. The molecule has 0 heterocycles. The Kier molecular flexibility index (Phi) is 5.07. The van der Waals surface area contributed by atoms with Crippen LogP contribution in [-0.4, -0.2) is 19.7 Å². The van der Waals surface area contributed by atoms with Crippen LogP contribution in [0.4, 0.5) is 0 Å². The van der Waals surface area contributed by atoms with E-state index in [-0.39, 0.29) is 0 Å². The van der Waals surface area contributed by atoms with Crippen LogP contribution in [0.15, 0.2) is 22.7 Å². The van der Waals surface area contributed by atoms with Crippen molar-refractivity contribution in [2.24, 2.45) is 5.92 Å². The van der Waals surface area contributed by atoms with E-state index in [9.17, 15) is 0 Å². The molecule has 0 saturated heterocycles. The van der Waals surface area contributed by atoms with Gasteiger partial charge in [0.1, 0.15) is 5.75 Å². The molecule has 0 aromatic heterocycles. The van der Waals surface area contributed by atoms with E-state index >= 15 is 0 Å². The van der Waals surface area contributed by atoms with Crippen LogP contribution in [-0.2, 0) is 6.42 Å². The van der Waals surface area contributed by atoms with E-state index in [1.165, 1.54) is 29.3 Å². The lowest BCUT2D eigenvalue weighted by atomic mass is 9.98. The van der Waals surface area contributed by atoms with Crippen LogP contribution < -0.4 is 10.1 Å². The molecule has 2 rings (SSSR count). The molecule has 1 aliphatic rings. The van der Waals surface area contributed by atoms with E-state index in [0.717, 1.165) is 24.8 Å². The quantitative estimate of drug-likeness (QED) is 0.827. The standard InChI is InChI=1S/C15H22BrNO/c1-11(7-8-17-13-3-4-13)9-12-10-14(18-2)5-6-15(12)16/h5-6,10-11,13,17H,3-4,7-9H2,1-2H3. The molecule has 0 amide bonds. The first kappa shape index (κ1) is 13.9. The predicted molar refractivity (Wildman–Crippen MR) is 79.2 cm³/mol. The lowest BCUT2D eigenvalue weighted by Gasteiger charge is -2.14. The maximum absolute atomic E-state index is 5.28. The largest absolute Gasteiger partial charge is 0.497 e. The highest BCUT2D eigenvalue weighted by atomic mass is 79.9. The molecular weight excluding hydrogens is 290 g/mol. The van der Waals surface area contributed by atoms with E-state index in [4.69, 9.17) is 4.74 Å². The smallest absolute Gasteiger partial charge is 0.119 e. The van der Waals surface area contributed by atoms with Crippen molar-refractivity contribution in [1.82, 2.24) is 5.32 Å².